The molecule has 3 aromatic rings. The van der Waals surface area contributed by atoms with Gasteiger partial charge in [0.25, 0.3) is 15.9 Å². The number of piperidine rings is 1. The van der Waals surface area contributed by atoms with Gasteiger partial charge < -0.3 is 10.2 Å². The number of thioether (sulfide) groups is 1. The number of nitrogens with zero attached hydrogens (tertiary/aromatic N) is 5. The summed E-state index contributed by atoms with van der Waals surface area (Å²) in [5.41, 5.74) is 2.72. The van der Waals surface area contributed by atoms with Crippen LogP contribution >= 0.6 is 11.8 Å². The Morgan fingerprint density at radius 1 is 1.15 bits per heavy atom. The summed E-state index contributed by atoms with van der Waals surface area (Å²) in [5.74, 6) is -0.522. The highest BCUT2D eigenvalue weighted by molar-refractivity contribution is 8.13. The fourth-order valence-corrected chi connectivity index (χ4v) is 6.73. The highest BCUT2D eigenvalue weighted by atomic mass is 32.2. The second-order valence-corrected chi connectivity index (χ2v) is 11.7. The van der Waals surface area contributed by atoms with Crippen molar-refractivity contribution in [2.75, 3.05) is 35.9 Å². The molecule has 0 spiro atoms. The van der Waals surface area contributed by atoms with Gasteiger partial charge in [0.05, 0.1) is 17.3 Å². The average Bonchev–Trinajstić information content (AvgIpc) is 3.14. The predicted molar refractivity (Wildman–Crippen MR) is 145 cm³/mol. The molecular weight excluding hydrogens is 543 g/mol. The van der Waals surface area contributed by atoms with Gasteiger partial charge in [-0.05, 0) is 55.3 Å². The van der Waals surface area contributed by atoms with Crippen LogP contribution in [0.5, 0.6) is 0 Å². The Balaban J connectivity index is 1.28. The lowest BCUT2D eigenvalue weighted by molar-refractivity contribution is -0.114. The van der Waals surface area contributed by atoms with Gasteiger partial charge in [0.1, 0.15) is 17.4 Å². The summed E-state index contributed by atoms with van der Waals surface area (Å²) in [5, 5.41) is 12.0. The number of hydrogen-bond donors (Lipinski definition) is 1. The second kappa shape index (κ2) is 11.0. The normalized spacial score (nSPS) is 16.6. The number of nitrogens with one attached hydrogen (secondary N) is 1. The van der Waals surface area contributed by atoms with Gasteiger partial charge in [0, 0.05) is 42.1 Å². The highest BCUT2D eigenvalue weighted by Gasteiger charge is 2.41. The van der Waals surface area contributed by atoms with E-state index in [1.165, 1.54) is 12.1 Å². The molecule has 1 saturated heterocycles. The number of anilines is 3. The minimum atomic E-state index is -4.11. The number of amides is 1. The summed E-state index contributed by atoms with van der Waals surface area (Å²) in [6.07, 6.45) is 2.93. The molecule has 3 heterocycles. The van der Waals surface area contributed by atoms with Gasteiger partial charge in [-0.1, -0.05) is 17.8 Å². The Bertz CT molecular complexity index is 1570. The van der Waals surface area contributed by atoms with Gasteiger partial charge in [0.15, 0.2) is 5.12 Å². The van der Waals surface area contributed by atoms with Crippen molar-refractivity contribution < 1.29 is 22.4 Å². The van der Waals surface area contributed by atoms with E-state index < -0.39 is 28.5 Å². The minimum absolute atomic E-state index is 0.0240. The molecule has 0 bridgehead atoms. The molecule has 1 amide bonds. The molecule has 10 nitrogen and oxygen atoms in total. The lowest BCUT2D eigenvalue weighted by Gasteiger charge is -2.32. The van der Waals surface area contributed by atoms with E-state index in [1.54, 1.807) is 24.4 Å². The van der Waals surface area contributed by atoms with Crippen LogP contribution in [-0.2, 0) is 14.8 Å². The molecule has 2 aliphatic rings. The van der Waals surface area contributed by atoms with E-state index >= 15 is 0 Å². The number of halogens is 1. The molecule has 0 unspecified atom stereocenters. The summed E-state index contributed by atoms with van der Waals surface area (Å²) < 4.78 is 38.5. The SMILES string of the molecule is N#CCN1C(=O)c2ccc(-c3ccnc(Nc4ccc(N5CCC(C(=O)SCF)CC5)cc4)n3)cc2S1(=O)=O. The number of carbonyl (C=O) groups excluding carboxylic acids is 2. The number of alkyl halides is 1. The van der Waals surface area contributed by atoms with E-state index in [-0.39, 0.29) is 21.5 Å². The molecule has 1 aromatic heterocycles. The molecule has 2 aromatic carbocycles. The zero-order valence-electron chi connectivity index (χ0n) is 20.6. The fourth-order valence-electron chi connectivity index (χ4n) is 4.66. The van der Waals surface area contributed by atoms with Gasteiger partial charge >= 0.3 is 0 Å². The fraction of sp³-hybridized carbons (Fsp3) is 0.269. The molecule has 0 radical (unpaired) electrons. The van der Waals surface area contributed by atoms with E-state index in [4.69, 9.17) is 5.26 Å². The van der Waals surface area contributed by atoms with Crippen LogP contribution in [0, 0.1) is 17.2 Å². The van der Waals surface area contributed by atoms with Crippen LogP contribution in [0.25, 0.3) is 11.3 Å². The number of hydrogen-bond acceptors (Lipinski definition) is 10. The summed E-state index contributed by atoms with van der Waals surface area (Å²) in [6, 6.07) is 14.8. The topological polar surface area (TPSA) is 136 Å². The number of rotatable bonds is 7. The summed E-state index contributed by atoms with van der Waals surface area (Å²) >= 11 is 0.747. The monoisotopic (exact) mass is 566 g/mol. The Hall–Kier alpha value is -4.02. The maximum Gasteiger partial charge on any atom is 0.269 e. The standard InChI is InChI=1S/C26H23FN6O4S2/c27-16-38-25(35)17-8-12-32(13-9-17)20-4-2-19(3-5-20)30-26-29-11-7-22(31-26)18-1-6-21-23(15-18)39(36,37)33(14-10-28)24(21)34/h1-7,11,15,17H,8-9,12-14,16H2,(H,29,30,31). The van der Waals surface area contributed by atoms with Gasteiger partial charge in [-0.25, -0.2) is 27.1 Å². The van der Waals surface area contributed by atoms with E-state index in [0.29, 0.717) is 34.4 Å². The number of fused-ring (bicyclic) bond motifs is 1. The Morgan fingerprint density at radius 3 is 2.59 bits per heavy atom. The lowest BCUT2D eigenvalue weighted by atomic mass is 9.98. The summed E-state index contributed by atoms with van der Waals surface area (Å²) in [6.45, 7) is 0.887. The Labute approximate surface area is 228 Å². The van der Waals surface area contributed by atoms with Crippen molar-refractivity contribution in [1.82, 2.24) is 14.3 Å². The van der Waals surface area contributed by atoms with Crippen molar-refractivity contribution in [2.45, 2.75) is 17.7 Å². The van der Waals surface area contributed by atoms with Gasteiger partial charge in [0.2, 0.25) is 5.95 Å². The van der Waals surface area contributed by atoms with Crippen molar-refractivity contribution in [3.63, 3.8) is 0 Å². The molecule has 39 heavy (non-hydrogen) atoms. The number of aromatic nitrogens is 2. The molecule has 200 valence electrons. The molecule has 0 saturated carbocycles. The van der Waals surface area contributed by atoms with Crippen LogP contribution in [0.15, 0.2) is 59.6 Å². The van der Waals surface area contributed by atoms with Crippen molar-refractivity contribution in [2.24, 2.45) is 5.92 Å². The van der Waals surface area contributed by atoms with E-state index in [0.717, 1.165) is 36.2 Å². The number of sulfonamides is 1. The van der Waals surface area contributed by atoms with Crippen molar-refractivity contribution in [3.05, 3.63) is 60.3 Å². The summed E-state index contributed by atoms with van der Waals surface area (Å²) in [4.78, 5) is 35.1. The third kappa shape index (κ3) is 5.30. The van der Waals surface area contributed by atoms with E-state index in [1.807, 2.05) is 24.3 Å². The van der Waals surface area contributed by atoms with Gasteiger partial charge in [-0.3, -0.25) is 9.59 Å². The number of benzene rings is 2. The van der Waals surface area contributed by atoms with Crippen molar-refractivity contribution in [3.8, 4) is 17.3 Å². The first kappa shape index (κ1) is 26.6. The van der Waals surface area contributed by atoms with E-state index in [2.05, 4.69) is 20.2 Å². The number of carbonyl (C=O) groups is 2. The maximum atomic E-state index is 12.8. The number of nitriles is 1. The molecular formula is C26H23FN6O4S2. The molecule has 1 fully saturated rings. The molecule has 1 N–H and O–H groups in total. The highest BCUT2D eigenvalue weighted by Crippen LogP contribution is 2.34. The first-order chi connectivity index (χ1) is 18.8. The molecule has 0 aliphatic carbocycles. The molecule has 0 atom stereocenters. The first-order valence-corrected chi connectivity index (χ1v) is 14.5. The zero-order valence-corrected chi connectivity index (χ0v) is 22.2. The van der Waals surface area contributed by atoms with Crippen LogP contribution in [-0.4, -0.2) is 59.4 Å². The smallest absolute Gasteiger partial charge is 0.269 e. The third-order valence-corrected chi connectivity index (χ3v) is 9.18. The van der Waals surface area contributed by atoms with Crippen LogP contribution in [0.1, 0.15) is 23.2 Å². The quantitative estimate of drug-likeness (QED) is 0.419. The Kier molecular flexibility index (Phi) is 7.49. The van der Waals surface area contributed by atoms with Crippen LogP contribution in [0.3, 0.4) is 0 Å². The maximum absolute atomic E-state index is 12.8. The second-order valence-electron chi connectivity index (χ2n) is 8.96. The van der Waals surface area contributed by atoms with Crippen LogP contribution < -0.4 is 10.2 Å². The average molecular weight is 567 g/mol. The van der Waals surface area contributed by atoms with E-state index in [9.17, 15) is 22.4 Å². The van der Waals surface area contributed by atoms with Gasteiger partial charge in [-0.15, -0.1) is 0 Å². The zero-order chi connectivity index (χ0) is 27.6. The predicted octanol–water partition coefficient (Wildman–Crippen LogP) is 3.96. The lowest BCUT2D eigenvalue weighted by Crippen LogP contribution is -2.35. The van der Waals surface area contributed by atoms with Crippen molar-refractivity contribution in [1.29, 1.82) is 5.26 Å². The largest absolute Gasteiger partial charge is 0.371 e. The third-order valence-electron chi connectivity index (χ3n) is 6.69. The molecule has 5 rings (SSSR count). The molecule has 2 aliphatic heterocycles. The van der Waals surface area contributed by atoms with Crippen molar-refractivity contribution >= 4 is 50.1 Å². The summed E-state index contributed by atoms with van der Waals surface area (Å²) in [7, 11) is -4.11. The first-order valence-electron chi connectivity index (χ1n) is 12.1. The van der Waals surface area contributed by atoms with Crippen LogP contribution in [0.4, 0.5) is 21.7 Å². The Morgan fingerprint density at radius 2 is 1.90 bits per heavy atom. The molecule has 13 heteroatoms. The van der Waals surface area contributed by atoms with Crippen LogP contribution in [0.2, 0.25) is 0 Å². The van der Waals surface area contributed by atoms with Gasteiger partial charge in [-0.2, -0.15) is 5.26 Å². The minimum Gasteiger partial charge on any atom is -0.371 e.